The predicted octanol–water partition coefficient (Wildman–Crippen LogP) is 3.03. The second-order valence-corrected chi connectivity index (χ2v) is 4.47. The van der Waals surface area contributed by atoms with Crippen LogP contribution in [0, 0.1) is 0 Å². The van der Waals surface area contributed by atoms with Crippen LogP contribution in [0.3, 0.4) is 0 Å². The molecule has 3 rings (SSSR count). The molecule has 0 radical (unpaired) electrons. The van der Waals surface area contributed by atoms with E-state index in [1.807, 2.05) is 48.5 Å². The number of benzene rings is 2. The number of hydrogen-bond donors (Lipinski definition) is 1. The van der Waals surface area contributed by atoms with Gasteiger partial charge in [0.15, 0.2) is 0 Å². The molecule has 3 aromatic rings. The molecule has 4 heteroatoms. The van der Waals surface area contributed by atoms with Crippen molar-refractivity contribution < 1.29 is 4.52 Å². The summed E-state index contributed by atoms with van der Waals surface area (Å²) in [5.74, 6) is 1.22. The molecule has 0 fully saturated rings. The van der Waals surface area contributed by atoms with Crippen LogP contribution in [-0.2, 0) is 13.1 Å². The van der Waals surface area contributed by atoms with Crippen molar-refractivity contribution in [2.45, 2.75) is 13.1 Å². The van der Waals surface area contributed by atoms with Crippen molar-refractivity contribution in [1.29, 1.82) is 0 Å². The molecule has 1 aromatic heterocycles. The molecule has 0 aliphatic heterocycles. The molecule has 0 aliphatic rings. The monoisotopic (exact) mass is 265 g/mol. The highest BCUT2D eigenvalue weighted by Gasteiger charge is 2.07. The fourth-order valence-corrected chi connectivity index (χ4v) is 1.94. The van der Waals surface area contributed by atoms with Gasteiger partial charge in [-0.15, -0.1) is 0 Å². The third-order valence-corrected chi connectivity index (χ3v) is 2.95. The van der Waals surface area contributed by atoms with E-state index in [4.69, 9.17) is 4.52 Å². The lowest BCUT2D eigenvalue weighted by atomic mass is 10.2. The Bertz CT molecular complexity index is 650. The minimum absolute atomic E-state index is 0.564. The zero-order chi connectivity index (χ0) is 13.6. The lowest BCUT2D eigenvalue weighted by Gasteiger charge is -2.00. The predicted molar refractivity (Wildman–Crippen MR) is 76.7 cm³/mol. The number of nitrogens with one attached hydrogen (secondary N) is 1. The van der Waals surface area contributed by atoms with E-state index >= 15 is 0 Å². The first kappa shape index (κ1) is 12.6. The van der Waals surface area contributed by atoms with E-state index in [9.17, 15) is 0 Å². The van der Waals surface area contributed by atoms with Crippen molar-refractivity contribution in [1.82, 2.24) is 15.5 Å². The van der Waals surface area contributed by atoms with Gasteiger partial charge >= 0.3 is 0 Å². The van der Waals surface area contributed by atoms with E-state index in [1.165, 1.54) is 5.56 Å². The molecular weight excluding hydrogens is 250 g/mol. The number of nitrogens with zero attached hydrogens (tertiary/aromatic N) is 2. The maximum absolute atomic E-state index is 5.23. The van der Waals surface area contributed by atoms with Gasteiger partial charge < -0.3 is 9.84 Å². The van der Waals surface area contributed by atoms with Gasteiger partial charge in [-0.2, -0.15) is 4.98 Å². The molecule has 100 valence electrons. The first-order valence-corrected chi connectivity index (χ1v) is 6.54. The molecule has 0 aliphatic carbocycles. The summed E-state index contributed by atoms with van der Waals surface area (Å²) in [4.78, 5) is 4.37. The Balaban J connectivity index is 1.58. The maximum Gasteiger partial charge on any atom is 0.240 e. The van der Waals surface area contributed by atoms with Gasteiger partial charge in [0.25, 0.3) is 0 Å². The van der Waals surface area contributed by atoms with Crippen molar-refractivity contribution >= 4 is 0 Å². The molecule has 0 saturated carbocycles. The number of hydrogen-bond acceptors (Lipinski definition) is 4. The third-order valence-electron chi connectivity index (χ3n) is 2.95. The van der Waals surface area contributed by atoms with Crippen molar-refractivity contribution in [3.8, 4) is 11.4 Å². The van der Waals surface area contributed by atoms with Gasteiger partial charge in [-0.05, 0) is 5.56 Å². The lowest BCUT2D eigenvalue weighted by molar-refractivity contribution is 0.367. The second kappa shape index (κ2) is 6.12. The zero-order valence-corrected chi connectivity index (χ0v) is 11.0. The fourth-order valence-electron chi connectivity index (χ4n) is 1.94. The molecule has 0 saturated heterocycles. The second-order valence-electron chi connectivity index (χ2n) is 4.47. The SMILES string of the molecule is c1ccc(CNCc2nc(-c3ccccc3)no2)cc1. The van der Waals surface area contributed by atoms with Gasteiger partial charge in [0.1, 0.15) is 0 Å². The van der Waals surface area contributed by atoms with Gasteiger partial charge in [0.2, 0.25) is 11.7 Å². The summed E-state index contributed by atoms with van der Waals surface area (Å²) in [6.45, 7) is 1.35. The van der Waals surface area contributed by atoms with Crippen molar-refractivity contribution in [3.05, 3.63) is 72.1 Å². The summed E-state index contributed by atoms with van der Waals surface area (Å²) in [5, 5.41) is 7.27. The normalized spacial score (nSPS) is 10.6. The van der Waals surface area contributed by atoms with Gasteiger partial charge in [-0.25, -0.2) is 0 Å². The average molecular weight is 265 g/mol. The van der Waals surface area contributed by atoms with Crippen LogP contribution in [0.4, 0.5) is 0 Å². The molecule has 0 amide bonds. The first-order chi connectivity index (χ1) is 9.92. The fraction of sp³-hybridized carbons (Fsp3) is 0.125. The smallest absolute Gasteiger partial charge is 0.240 e. The maximum atomic E-state index is 5.23. The van der Waals surface area contributed by atoms with Crippen LogP contribution in [-0.4, -0.2) is 10.1 Å². The third kappa shape index (κ3) is 3.10. The van der Waals surface area contributed by atoms with Crippen LogP contribution >= 0.6 is 0 Å². The minimum atomic E-state index is 0.564. The number of aromatic nitrogens is 2. The van der Waals surface area contributed by atoms with Crippen LogP contribution < -0.4 is 5.32 Å². The van der Waals surface area contributed by atoms with Gasteiger partial charge in [-0.3, -0.25) is 0 Å². The highest BCUT2D eigenvalue weighted by atomic mass is 16.5. The lowest BCUT2D eigenvalue weighted by Crippen LogP contribution is -2.12. The molecule has 0 spiro atoms. The standard InChI is InChI=1S/C16H15N3O/c1-3-7-13(8-4-1)11-17-12-15-18-16(19-20-15)14-9-5-2-6-10-14/h1-10,17H,11-12H2. The Kier molecular flexibility index (Phi) is 3.85. The summed E-state index contributed by atoms with van der Waals surface area (Å²) in [7, 11) is 0. The summed E-state index contributed by atoms with van der Waals surface area (Å²) >= 11 is 0. The Morgan fingerprint density at radius 2 is 1.55 bits per heavy atom. The number of rotatable bonds is 5. The van der Waals surface area contributed by atoms with E-state index in [-0.39, 0.29) is 0 Å². The molecule has 0 unspecified atom stereocenters. The summed E-state index contributed by atoms with van der Waals surface area (Å²) < 4.78 is 5.23. The topological polar surface area (TPSA) is 51.0 Å². The Morgan fingerprint density at radius 1 is 0.850 bits per heavy atom. The van der Waals surface area contributed by atoms with E-state index in [0.717, 1.165) is 12.1 Å². The highest BCUT2D eigenvalue weighted by Crippen LogP contribution is 2.14. The van der Waals surface area contributed by atoms with E-state index < -0.39 is 0 Å². The van der Waals surface area contributed by atoms with Gasteiger partial charge in [0.05, 0.1) is 6.54 Å². The van der Waals surface area contributed by atoms with E-state index in [2.05, 4.69) is 27.6 Å². The Labute approximate surface area is 117 Å². The van der Waals surface area contributed by atoms with Crippen molar-refractivity contribution in [2.75, 3.05) is 0 Å². The van der Waals surface area contributed by atoms with Gasteiger partial charge in [-0.1, -0.05) is 65.8 Å². The minimum Gasteiger partial charge on any atom is -0.338 e. The Hall–Kier alpha value is -2.46. The Morgan fingerprint density at radius 3 is 2.30 bits per heavy atom. The van der Waals surface area contributed by atoms with E-state index in [1.54, 1.807) is 0 Å². The first-order valence-electron chi connectivity index (χ1n) is 6.54. The molecule has 20 heavy (non-hydrogen) atoms. The molecule has 2 aromatic carbocycles. The van der Waals surface area contributed by atoms with Gasteiger partial charge in [0, 0.05) is 12.1 Å². The largest absolute Gasteiger partial charge is 0.338 e. The summed E-state index contributed by atoms with van der Waals surface area (Å²) in [5.41, 5.74) is 2.20. The molecular formula is C16H15N3O. The summed E-state index contributed by atoms with van der Waals surface area (Å²) in [6, 6.07) is 20.0. The summed E-state index contributed by atoms with van der Waals surface area (Å²) in [6.07, 6.45) is 0. The molecule has 1 N–H and O–H groups in total. The van der Waals surface area contributed by atoms with Crippen LogP contribution in [0.2, 0.25) is 0 Å². The van der Waals surface area contributed by atoms with E-state index in [0.29, 0.717) is 18.3 Å². The molecule has 1 heterocycles. The highest BCUT2D eigenvalue weighted by molar-refractivity contribution is 5.53. The quantitative estimate of drug-likeness (QED) is 0.770. The van der Waals surface area contributed by atoms with Crippen LogP contribution in [0.5, 0.6) is 0 Å². The zero-order valence-electron chi connectivity index (χ0n) is 11.0. The van der Waals surface area contributed by atoms with Crippen LogP contribution in [0.15, 0.2) is 65.2 Å². The van der Waals surface area contributed by atoms with Crippen molar-refractivity contribution in [2.24, 2.45) is 0 Å². The average Bonchev–Trinajstić information content (AvgIpc) is 2.98. The molecule has 4 nitrogen and oxygen atoms in total. The molecule has 0 atom stereocenters. The van der Waals surface area contributed by atoms with Crippen LogP contribution in [0.1, 0.15) is 11.5 Å². The van der Waals surface area contributed by atoms with Crippen LogP contribution in [0.25, 0.3) is 11.4 Å². The van der Waals surface area contributed by atoms with Crippen molar-refractivity contribution in [3.63, 3.8) is 0 Å². The molecule has 0 bridgehead atoms.